The predicted molar refractivity (Wildman–Crippen MR) is 87.4 cm³/mol. The first-order chi connectivity index (χ1) is 13.3. The van der Waals surface area contributed by atoms with E-state index in [1.165, 1.54) is 29.6 Å². The van der Waals surface area contributed by atoms with E-state index in [1.54, 1.807) is 0 Å². The highest BCUT2D eigenvalue weighted by Gasteiger charge is 2.27. The van der Waals surface area contributed by atoms with Gasteiger partial charge in [0.2, 0.25) is 5.82 Å². The quantitative estimate of drug-likeness (QED) is 0.329. The summed E-state index contributed by atoms with van der Waals surface area (Å²) in [4.78, 5) is 23.5. The van der Waals surface area contributed by atoms with E-state index in [9.17, 15) is 31.5 Å². The summed E-state index contributed by atoms with van der Waals surface area (Å²) in [6, 6.07) is 5.74. The first-order valence-corrected chi connectivity index (χ1v) is 7.97. The number of esters is 1. The monoisotopic (exact) mass is 403 g/mol. The standard InChI is InChI=1S/C18H14F5NO4/c1-2-7-27-10-5-3-9(4-6-10)18(26)28-8-11(25)24-17-15(22)13(20)12(19)14(21)16(17)23/h3-6H,2,7-8H2,1H3,(H,24,25). The van der Waals surface area contributed by atoms with Crippen molar-refractivity contribution in [3.05, 3.63) is 58.9 Å². The molecule has 0 saturated heterocycles. The van der Waals surface area contributed by atoms with Crippen LogP contribution in [0.1, 0.15) is 23.7 Å². The molecular weight excluding hydrogens is 389 g/mol. The summed E-state index contributed by atoms with van der Waals surface area (Å²) in [5.41, 5.74) is -1.47. The molecular formula is C18H14F5NO4. The number of benzene rings is 2. The maximum atomic E-state index is 13.5. The van der Waals surface area contributed by atoms with Crippen molar-refractivity contribution in [3.63, 3.8) is 0 Å². The molecule has 0 fully saturated rings. The van der Waals surface area contributed by atoms with Crippen molar-refractivity contribution >= 4 is 17.6 Å². The van der Waals surface area contributed by atoms with Gasteiger partial charge in [0, 0.05) is 0 Å². The van der Waals surface area contributed by atoms with Gasteiger partial charge in [-0.25, -0.2) is 26.7 Å². The van der Waals surface area contributed by atoms with Crippen LogP contribution in [0.25, 0.3) is 0 Å². The van der Waals surface area contributed by atoms with Gasteiger partial charge in [0.25, 0.3) is 5.91 Å². The van der Waals surface area contributed by atoms with Crippen LogP contribution in [0.3, 0.4) is 0 Å². The van der Waals surface area contributed by atoms with Crippen molar-refractivity contribution in [3.8, 4) is 5.75 Å². The van der Waals surface area contributed by atoms with Crippen LogP contribution in [0.15, 0.2) is 24.3 Å². The van der Waals surface area contributed by atoms with Crippen LogP contribution in [0.2, 0.25) is 0 Å². The van der Waals surface area contributed by atoms with Gasteiger partial charge < -0.3 is 14.8 Å². The Morgan fingerprint density at radius 3 is 1.96 bits per heavy atom. The molecule has 28 heavy (non-hydrogen) atoms. The summed E-state index contributed by atoms with van der Waals surface area (Å²) >= 11 is 0. The van der Waals surface area contributed by atoms with Crippen LogP contribution < -0.4 is 10.1 Å². The van der Waals surface area contributed by atoms with Crippen molar-refractivity contribution in [2.24, 2.45) is 0 Å². The van der Waals surface area contributed by atoms with Gasteiger partial charge >= 0.3 is 5.97 Å². The first kappa shape index (κ1) is 21.1. The molecule has 0 aromatic heterocycles. The number of rotatable bonds is 7. The number of ether oxygens (including phenoxy) is 2. The number of carbonyl (C=O) groups excluding carboxylic acids is 2. The van der Waals surface area contributed by atoms with Gasteiger partial charge in [0.1, 0.15) is 11.4 Å². The van der Waals surface area contributed by atoms with Crippen LogP contribution in [0, 0.1) is 29.1 Å². The van der Waals surface area contributed by atoms with Gasteiger partial charge in [-0.2, -0.15) is 0 Å². The number of halogens is 5. The Hall–Kier alpha value is -3.17. The van der Waals surface area contributed by atoms with Gasteiger partial charge in [0.15, 0.2) is 29.9 Å². The zero-order valence-corrected chi connectivity index (χ0v) is 14.5. The fourth-order valence-corrected chi connectivity index (χ4v) is 2.01. The van der Waals surface area contributed by atoms with E-state index in [0.717, 1.165) is 6.42 Å². The highest BCUT2D eigenvalue weighted by molar-refractivity contribution is 5.95. The first-order valence-electron chi connectivity index (χ1n) is 7.97. The smallest absolute Gasteiger partial charge is 0.338 e. The molecule has 1 N–H and O–H groups in total. The molecule has 0 aliphatic heterocycles. The van der Waals surface area contributed by atoms with Crippen LogP contribution >= 0.6 is 0 Å². The zero-order chi connectivity index (χ0) is 20.8. The van der Waals surface area contributed by atoms with Crippen molar-refractivity contribution < 1.29 is 41.0 Å². The fraction of sp³-hybridized carbons (Fsp3) is 0.222. The van der Waals surface area contributed by atoms with Gasteiger partial charge in [0.05, 0.1) is 12.2 Å². The Morgan fingerprint density at radius 2 is 1.43 bits per heavy atom. The summed E-state index contributed by atoms with van der Waals surface area (Å²) in [5.74, 6) is -12.9. The second-order valence-corrected chi connectivity index (χ2v) is 5.44. The fourth-order valence-electron chi connectivity index (χ4n) is 2.01. The second kappa shape index (κ2) is 9.16. The molecule has 0 bridgehead atoms. The number of carbonyl (C=O) groups is 2. The van der Waals surface area contributed by atoms with Crippen molar-refractivity contribution in [2.75, 3.05) is 18.5 Å². The lowest BCUT2D eigenvalue weighted by molar-refractivity contribution is -0.119. The summed E-state index contributed by atoms with van der Waals surface area (Å²) in [7, 11) is 0. The van der Waals surface area contributed by atoms with Crippen molar-refractivity contribution in [2.45, 2.75) is 13.3 Å². The largest absolute Gasteiger partial charge is 0.494 e. The minimum absolute atomic E-state index is 0.0629. The minimum Gasteiger partial charge on any atom is -0.494 e. The number of anilines is 1. The average molecular weight is 403 g/mol. The average Bonchev–Trinajstić information content (AvgIpc) is 2.71. The Bertz CT molecular complexity index is 858. The summed E-state index contributed by atoms with van der Waals surface area (Å²) < 4.78 is 76.1. The molecule has 0 radical (unpaired) electrons. The molecule has 0 atom stereocenters. The Kier molecular flexibility index (Phi) is 6.91. The van der Waals surface area contributed by atoms with E-state index in [0.29, 0.717) is 12.4 Å². The normalized spacial score (nSPS) is 10.5. The molecule has 2 rings (SSSR count). The third-order valence-electron chi connectivity index (χ3n) is 3.37. The van der Waals surface area contributed by atoms with Gasteiger partial charge in [-0.1, -0.05) is 6.92 Å². The van der Waals surface area contributed by atoms with E-state index in [-0.39, 0.29) is 5.56 Å². The third kappa shape index (κ3) is 4.76. The third-order valence-corrected chi connectivity index (χ3v) is 3.37. The van der Waals surface area contributed by atoms with Gasteiger partial charge in [-0.3, -0.25) is 4.79 Å². The Morgan fingerprint density at radius 1 is 0.893 bits per heavy atom. The lowest BCUT2D eigenvalue weighted by atomic mass is 10.2. The second-order valence-electron chi connectivity index (χ2n) is 5.44. The van der Waals surface area contributed by atoms with Gasteiger partial charge in [-0.05, 0) is 30.7 Å². The van der Waals surface area contributed by atoms with Crippen LogP contribution in [0.4, 0.5) is 27.6 Å². The SMILES string of the molecule is CCCOc1ccc(C(=O)OCC(=O)Nc2c(F)c(F)c(F)c(F)c2F)cc1. The van der Waals surface area contributed by atoms with E-state index in [1.807, 2.05) is 6.92 Å². The molecule has 0 heterocycles. The molecule has 10 heteroatoms. The molecule has 2 aromatic carbocycles. The molecule has 1 amide bonds. The number of nitrogens with one attached hydrogen (secondary N) is 1. The minimum atomic E-state index is -2.36. The maximum absolute atomic E-state index is 13.5. The number of hydrogen-bond acceptors (Lipinski definition) is 4. The molecule has 5 nitrogen and oxygen atoms in total. The van der Waals surface area contributed by atoms with E-state index in [4.69, 9.17) is 4.74 Å². The number of hydrogen-bond donors (Lipinski definition) is 1. The molecule has 0 aliphatic carbocycles. The maximum Gasteiger partial charge on any atom is 0.338 e. The molecule has 150 valence electrons. The number of amides is 1. The van der Waals surface area contributed by atoms with E-state index in [2.05, 4.69) is 4.74 Å². The van der Waals surface area contributed by atoms with E-state index < -0.39 is 53.3 Å². The molecule has 0 aliphatic rings. The topological polar surface area (TPSA) is 64.6 Å². The van der Waals surface area contributed by atoms with Crippen LogP contribution in [0.5, 0.6) is 5.75 Å². The molecule has 2 aromatic rings. The van der Waals surface area contributed by atoms with E-state index >= 15 is 0 Å². The van der Waals surface area contributed by atoms with Crippen molar-refractivity contribution in [1.29, 1.82) is 0 Å². The lowest BCUT2D eigenvalue weighted by Gasteiger charge is -2.10. The van der Waals surface area contributed by atoms with Crippen molar-refractivity contribution in [1.82, 2.24) is 0 Å². The zero-order valence-electron chi connectivity index (χ0n) is 14.5. The summed E-state index contributed by atoms with van der Waals surface area (Å²) in [6.45, 7) is 1.40. The lowest BCUT2D eigenvalue weighted by Crippen LogP contribution is -2.23. The predicted octanol–water partition coefficient (Wildman–Crippen LogP) is 3.97. The Balaban J connectivity index is 1.98. The highest BCUT2D eigenvalue weighted by atomic mass is 19.2. The van der Waals surface area contributed by atoms with Gasteiger partial charge in [-0.15, -0.1) is 0 Å². The summed E-state index contributed by atoms with van der Waals surface area (Å²) in [5, 5.41) is 1.49. The molecule has 0 saturated carbocycles. The van der Waals surface area contributed by atoms with Crippen LogP contribution in [-0.4, -0.2) is 25.1 Å². The summed E-state index contributed by atoms with van der Waals surface area (Å²) in [6.07, 6.45) is 0.794. The van der Waals surface area contributed by atoms with Crippen LogP contribution in [-0.2, 0) is 9.53 Å². The molecule has 0 spiro atoms. The molecule has 0 unspecified atom stereocenters. The highest BCUT2D eigenvalue weighted by Crippen LogP contribution is 2.27. The Labute approximate surface area is 156 Å².